The molecule has 110 valence electrons. The zero-order chi connectivity index (χ0) is 14.8. The van der Waals surface area contributed by atoms with E-state index >= 15 is 0 Å². The zero-order valence-corrected chi connectivity index (χ0v) is 12.9. The summed E-state index contributed by atoms with van der Waals surface area (Å²) >= 11 is 0. The van der Waals surface area contributed by atoms with E-state index in [4.69, 9.17) is 14.7 Å². The normalized spacial score (nSPS) is 13.9. The van der Waals surface area contributed by atoms with Crippen LogP contribution in [-0.4, -0.2) is 23.6 Å². The van der Waals surface area contributed by atoms with Crippen LogP contribution in [0.25, 0.3) is 11.4 Å². The number of hydrogen-bond donors (Lipinski definition) is 1. The SMILES string of the molecule is CCc1nc(-c2ccc(C)cc2OC)nc2c1CCNC2. The van der Waals surface area contributed by atoms with Crippen LogP contribution in [0.15, 0.2) is 18.2 Å². The molecular formula is C17H21N3O. The first-order valence-corrected chi connectivity index (χ1v) is 7.47. The minimum atomic E-state index is 0.770. The van der Waals surface area contributed by atoms with Gasteiger partial charge < -0.3 is 10.1 Å². The van der Waals surface area contributed by atoms with Gasteiger partial charge in [-0.1, -0.05) is 13.0 Å². The number of nitrogens with one attached hydrogen (secondary N) is 1. The maximum atomic E-state index is 5.50. The number of ether oxygens (including phenoxy) is 1. The van der Waals surface area contributed by atoms with Crippen molar-refractivity contribution in [3.05, 3.63) is 40.7 Å². The Labute approximate surface area is 125 Å². The third-order valence-corrected chi connectivity index (χ3v) is 3.96. The molecule has 0 aliphatic carbocycles. The van der Waals surface area contributed by atoms with Crippen LogP contribution in [-0.2, 0) is 19.4 Å². The van der Waals surface area contributed by atoms with Crippen LogP contribution in [0.1, 0.15) is 29.4 Å². The quantitative estimate of drug-likeness (QED) is 0.941. The summed E-state index contributed by atoms with van der Waals surface area (Å²) in [4.78, 5) is 9.57. The largest absolute Gasteiger partial charge is 0.496 e. The molecule has 3 rings (SSSR count). The molecule has 0 bridgehead atoms. The molecule has 0 radical (unpaired) electrons. The van der Waals surface area contributed by atoms with Crippen molar-refractivity contribution >= 4 is 0 Å². The lowest BCUT2D eigenvalue weighted by Crippen LogP contribution is -2.26. The van der Waals surface area contributed by atoms with Crippen molar-refractivity contribution in [3.63, 3.8) is 0 Å². The van der Waals surface area contributed by atoms with Crippen molar-refractivity contribution in [2.24, 2.45) is 0 Å². The first kappa shape index (κ1) is 14.0. The highest BCUT2D eigenvalue weighted by molar-refractivity contribution is 5.65. The molecule has 1 aliphatic heterocycles. The van der Waals surface area contributed by atoms with Crippen LogP contribution in [0.3, 0.4) is 0 Å². The van der Waals surface area contributed by atoms with Gasteiger partial charge in [-0.05, 0) is 49.6 Å². The van der Waals surface area contributed by atoms with E-state index in [0.29, 0.717) is 0 Å². The van der Waals surface area contributed by atoms with Gasteiger partial charge in [-0.15, -0.1) is 0 Å². The molecule has 2 heterocycles. The fourth-order valence-electron chi connectivity index (χ4n) is 2.83. The summed E-state index contributed by atoms with van der Waals surface area (Å²) < 4.78 is 5.50. The number of aromatic nitrogens is 2. The van der Waals surface area contributed by atoms with Crippen LogP contribution in [0.5, 0.6) is 5.75 Å². The van der Waals surface area contributed by atoms with Gasteiger partial charge in [0.2, 0.25) is 0 Å². The number of methoxy groups -OCH3 is 1. The van der Waals surface area contributed by atoms with Gasteiger partial charge in [-0.25, -0.2) is 9.97 Å². The first-order chi connectivity index (χ1) is 10.2. The van der Waals surface area contributed by atoms with Crippen molar-refractivity contribution in [2.45, 2.75) is 33.2 Å². The van der Waals surface area contributed by atoms with Crippen LogP contribution in [0.4, 0.5) is 0 Å². The molecule has 4 heteroatoms. The van der Waals surface area contributed by atoms with Gasteiger partial charge in [0.25, 0.3) is 0 Å². The van der Waals surface area contributed by atoms with Crippen molar-refractivity contribution < 1.29 is 4.74 Å². The summed E-state index contributed by atoms with van der Waals surface area (Å²) in [5.74, 6) is 1.60. The maximum Gasteiger partial charge on any atom is 0.163 e. The van der Waals surface area contributed by atoms with Crippen LogP contribution >= 0.6 is 0 Å². The lowest BCUT2D eigenvalue weighted by atomic mass is 10.0. The van der Waals surface area contributed by atoms with E-state index in [1.165, 1.54) is 16.8 Å². The number of hydrogen-bond acceptors (Lipinski definition) is 4. The van der Waals surface area contributed by atoms with Crippen LogP contribution in [0.2, 0.25) is 0 Å². The second kappa shape index (κ2) is 5.82. The molecule has 0 saturated heterocycles. The summed E-state index contributed by atoms with van der Waals surface area (Å²) in [6.07, 6.45) is 1.95. The average Bonchev–Trinajstić information content (AvgIpc) is 2.53. The Kier molecular flexibility index (Phi) is 3.88. The molecule has 1 aliphatic rings. The monoisotopic (exact) mass is 283 g/mol. The third-order valence-electron chi connectivity index (χ3n) is 3.96. The Balaban J connectivity index is 2.15. The number of benzene rings is 1. The molecule has 0 fully saturated rings. The van der Waals surface area contributed by atoms with Crippen molar-refractivity contribution in [2.75, 3.05) is 13.7 Å². The molecule has 0 spiro atoms. The topological polar surface area (TPSA) is 47.0 Å². The minimum absolute atomic E-state index is 0.770. The lowest BCUT2D eigenvalue weighted by Gasteiger charge is -2.20. The average molecular weight is 283 g/mol. The van der Waals surface area contributed by atoms with Crippen molar-refractivity contribution in [1.82, 2.24) is 15.3 Å². The Bertz CT molecular complexity index is 650. The van der Waals surface area contributed by atoms with E-state index < -0.39 is 0 Å². The molecule has 4 nitrogen and oxygen atoms in total. The first-order valence-electron chi connectivity index (χ1n) is 7.47. The summed E-state index contributed by atoms with van der Waals surface area (Å²) in [7, 11) is 1.69. The summed E-state index contributed by atoms with van der Waals surface area (Å²) in [6, 6.07) is 6.15. The second-order valence-corrected chi connectivity index (χ2v) is 5.40. The van der Waals surface area contributed by atoms with Gasteiger partial charge in [0.15, 0.2) is 5.82 Å². The Morgan fingerprint density at radius 2 is 2.14 bits per heavy atom. The van der Waals surface area contributed by atoms with Gasteiger partial charge in [-0.3, -0.25) is 0 Å². The molecule has 1 aromatic heterocycles. The van der Waals surface area contributed by atoms with Crippen molar-refractivity contribution in [3.8, 4) is 17.1 Å². The van der Waals surface area contributed by atoms with Crippen LogP contribution < -0.4 is 10.1 Å². The highest BCUT2D eigenvalue weighted by Crippen LogP contribution is 2.30. The standard InChI is InChI=1S/C17H21N3O/c1-4-14-12-7-8-18-10-15(12)20-17(19-14)13-6-5-11(2)9-16(13)21-3/h5-6,9,18H,4,7-8,10H2,1-3H3. The summed E-state index contributed by atoms with van der Waals surface area (Å²) in [5, 5.41) is 3.39. The van der Waals surface area contributed by atoms with Gasteiger partial charge in [-0.2, -0.15) is 0 Å². The third kappa shape index (κ3) is 2.63. The molecule has 2 aromatic rings. The Morgan fingerprint density at radius 3 is 2.90 bits per heavy atom. The van der Waals surface area contributed by atoms with E-state index in [1.54, 1.807) is 7.11 Å². The van der Waals surface area contributed by atoms with Gasteiger partial charge in [0, 0.05) is 12.2 Å². The summed E-state index contributed by atoms with van der Waals surface area (Å²) in [6.45, 7) is 6.05. The van der Waals surface area contributed by atoms with E-state index in [0.717, 1.165) is 48.8 Å². The predicted molar refractivity (Wildman–Crippen MR) is 83.5 cm³/mol. The molecular weight excluding hydrogens is 262 g/mol. The fourth-order valence-corrected chi connectivity index (χ4v) is 2.83. The number of aryl methyl sites for hydroxylation is 2. The van der Waals surface area contributed by atoms with Gasteiger partial charge in [0.1, 0.15) is 5.75 Å². The number of rotatable bonds is 3. The second-order valence-electron chi connectivity index (χ2n) is 5.40. The summed E-state index contributed by atoms with van der Waals surface area (Å²) in [5.41, 5.74) is 5.76. The van der Waals surface area contributed by atoms with E-state index in [-0.39, 0.29) is 0 Å². The van der Waals surface area contributed by atoms with Gasteiger partial charge in [0.05, 0.1) is 18.4 Å². The number of nitrogens with zero attached hydrogens (tertiary/aromatic N) is 2. The molecule has 0 amide bonds. The fraction of sp³-hybridized carbons (Fsp3) is 0.412. The Hall–Kier alpha value is -1.94. The Morgan fingerprint density at radius 1 is 1.29 bits per heavy atom. The highest BCUT2D eigenvalue weighted by atomic mass is 16.5. The highest BCUT2D eigenvalue weighted by Gasteiger charge is 2.18. The lowest BCUT2D eigenvalue weighted by molar-refractivity contribution is 0.415. The van der Waals surface area contributed by atoms with E-state index in [2.05, 4.69) is 25.2 Å². The number of fused-ring (bicyclic) bond motifs is 1. The minimum Gasteiger partial charge on any atom is -0.496 e. The van der Waals surface area contributed by atoms with Crippen LogP contribution in [0, 0.1) is 6.92 Å². The maximum absolute atomic E-state index is 5.50. The predicted octanol–water partition coefficient (Wildman–Crippen LogP) is 2.67. The molecule has 0 atom stereocenters. The molecule has 0 saturated carbocycles. The van der Waals surface area contributed by atoms with E-state index in [1.807, 2.05) is 12.1 Å². The molecule has 1 N–H and O–H groups in total. The molecule has 0 unspecified atom stereocenters. The van der Waals surface area contributed by atoms with E-state index in [9.17, 15) is 0 Å². The molecule has 1 aromatic carbocycles. The van der Waals surface area contributed by atoms with Gasteiger partial charge >= 0.3 is 0 Å². The van der Waals surface area contributed by atoms with Crippen molar-refractivity contribution in [1.29, 1.82) is 0 Å². The molecule has 21 heavy (non-hydrogen) atoms. The smallest absolute Gasteiger partial charge is 0.163 e. The zero-order valence-electron chi connectivity index (χ0n) is 12.9.